The van der Waals surface area contributed by atoms with Crippen molar-refractivity contribution >= 4 is 5.97 Å². The molecule has 0 unspecified atom stereocenters. The van der Waals surface area contributed by atoms with Gasteiger partial charge < -0.3 is 99.2 Å². The van der Waals surface area contributed by atoms with E-state index >= 15 is 0 Å². The van der Waals surface area contributed by atoms with E-state index in [0.717, 1.165) is 31.3 Å². The number of ether oxygens (including phenoxy) is 8. The fraction of sp³-hybridized carbons (Fsp3) is 0.904. The second-order valence-corrected chi connectivity index (χ2v) is 24.4. The third kappa shape index (κ3) is 9.12. The van der Waals surface area contributed by atoms with E-state index in [1.54, 1.807) is 0 Å². The van der Waals surface area contributed by atoms with E-state index in [9.17, 15) is 66.1 Å². The predicted molar refractivity (Wildman–Crippen MR) is 251 cm³/mol. The minimum Gasteiger partial charge on any atom is -0.432 e. The Labute approximate surface area is 426 Å². The van der Waals surface area contributed by atoms with E-state index in [2.05, 4.69) is 47.3 Å². The number of hydrogen-bond acceptors (Lipinski definition) is 21. The van der Waals surface area contributed by atoms with E-state index in [1.165, 1.54) is 12.5 Å². The molecule has 21 nitrogen and oxygen atoms in total. The van der Waals surface area contributed by atoms with Gasteiger partial charge in [0.15, 0.2) is 18.9 Å². The van der Waals surface area contributed by atoms with Crippen molar-refractivity contribution in [1.82, 2.24) is 0 Å². The number of fused-ring (bicyclic) bond motifs is 7. The monoisotopic (exact) mass is 1040 g/mol. The molecule has 0 radical (unpaired) electrons. The average Bonchev–Trinajstić information content (AvgIpc) is 3.35. The fourth-order valence-electron chi connectivity index (χ4n) is 15.6. The van der Waals surface area contributed by atoms with Crippen LogP contribution in [-0.2, 0) is 42.7 Å². The van der Waals surface area contributed by atoms with Crippen molar-refractivity contribution in [2.75, 3.05) is 19.8 Å². The summed E-state index contributed by atoms with van der Waals surface area (Å²) in [6, 6.07) is 0. The maximum atomic E-state index is 14.9. The molecular formula is C52H82O21. The first-order valence-electron chi connectivity index (χ1n) is 26.4. The Kier molecular flexibility index (Phi) is 15.7. The van der Waals surface area contributed by atoms with E-state index in [0.29, 0.717) is 38.5 Å². The zero-order chi connectivity index (χ0) is 53.1. The third-order valence-electron chi connectivity index (χ3n) is 20.4. The highest BCUT2D eigenvalue weighted by Crippen LogP contribution is 2.75. The zero-order valence-electron chi connectivity index (χ0n) is 42.8. The number of carbonyl (C=O) groups excluding carboxylic acids is 1. The van der Waals surface area contributed by atoms with Crippen LogP contribution < -0.4 is 0 Å². The van der Waals surface area contributed by atoms with Crippen molar-refractivity contribution in [2.45, 2.75) is 229 Å². The maximum Gasteiger partial charge on any atom is 0.315 e. The quantitative estimate of drug-likeness (QED) is 0.0721. The Bertz CT molecular complexity index is 2040. The highest BCUT2D eigenvalue weighted by atomic mass is 16.8. The van der Waals surface area contributed by atoms with Gasteiger partial charge in [-0.1, -0.05) is 58.4 Å². The largest absolute Gasteiger partial charge is 0.432 e. The summed E-state index contributed by atoms with van der Waals surface area (Å²) in [5, 5.41) is 127. The van der Waals surface area contributed by atoms with Crippen LogP contribution in [0.2, 0.25) is 0 Å². The lowest BCUT2D eigenvalue weighted by Gasteiger charge is -2.71. The first-order valence-corrected chi connectivity index (χ1v) is 26.4. The van der Waals surface area contributed by atoms with Gasteiger partial charge in [0, 0.05) is 5.92 Å². The smallest absolute Gasteiger partial charge is 0.315 e. The van der Waals surface area contributed by atoms with E-state index in [1.807, 2.05) is 0 Å². The average molecular weight is 1040 g/mol. The van der Waals surface area contributed by atoms with Crippen LogP contribution in [-0.4, -0.2) is 210 Å². The van der Waals surface area contributed by atoms with Crippen LogP contribution in [0.3, 0.4) is 0 Å². The number of hydrogen-bond donors (Lipinski definition) is 12. The molecule has 21 heteroatoms. The molecule has 4 heterocycles. The van der Waals surface area contributed by atoms with Crippen molar-refractivity contribution in [3.8, 4) is 0 Å². The van der Waals surface area contributed by atoms with E-state index < -0.39 is 147 Å². The zero-order valence-corrected chi connectivity index (χ0v) is 42.8. The van der Waals surface area contributed by atoms with Crippen molar-refractivity contribution in [3.05, 3.63) is 23.8 Å². The minimum atomic E-state index is -1.83. The van der Waals surface area contributed by atoms with Gasteiger partial charge in [0.1, 0.15) is 85.5 Å². The molecule has 4 aliphatic heterocycles. The molecule has 4 saturated carbocycles. The number of carbonyl (C=O) groups is 1. The number of rotatable bonds is 10. The maximum absolute atomic E-state index is 14.9. The van der Waals surface area contributed by atoms with Gasteiger partial charge >= 0.3 is 5.97 Å². The number of allylic oxidation sites excluding steroid dienone is 3. The van der Waals surface area contributed by atoms with Crippen LogP contribution >= 0.6 is 0 Å². The van der Waals surface area contributed by atoms with Crippen LogP contribution in [0.15, 0.2) is 23.8 Å². The van der Waals surface area contributed by atoms with E-state index in [4.69, 9.17) is 37.9 Å². The van der Waals surface area contributed by atoms with Gasteiger partial charge in [0.05, 0.1) is 37.4 Å². The Morgan fingerprint density at radius 1 is 0.685 bits per heavy atom. The summed E-state index contributed by atoms with van der Waals surface area (Å²) < 4.78 is 47.6. The van der Waals surface area contributed by atoms with Gasteiger partial charge in [0.25, 0.3) is 0 Å². The summed E-state index contributed by atoms with van der Waals surface area (Å²) in [6.45, 7) is 16.0. The second kappa shape index (κ2) is 20.4. The molecule has 9 aliphatic rings. The topological polar surface area (TPSA) is 334 Å². The minimum absolute atomic E-state index is 0.153. The highest BCUT2D eigenvalue weighted by molar-refractivity contribution is 5.79. The number of aliphatic hydroxyl groups is 12. The van der Waals surface area contributed by atoms with Crippen molar-refractivity contribution in [2.24, 2.45) is 44.8 Å². The van der Waals surface area contributed by atoms with Gasteiger partial charge in [-0.05, 0) is 105 Å². The Morgan fingerprint density at radius 3 is 2.03 bits per heavy atom. The van der Waals surface area contributed by atoms with Gasteiger partial charge in [-0.3, -0.25) is 4.79 Å². The SMILES string of the molecule is C=C1CC[C@]2(C(=O)O[C@@H]3O[C@H](CO[C@@H]4O[C@H](CO)[C@@H](O)[C@H](O)[C@H]4O)[C@@H](O)[C@H](O)[C@H]3O)CC[C@]3(C)C(=CC[C@@H]4[C@@]5(C)CC[C@H](O[C@@H]6OC[C@H](O)[C@H](O)[C@H]6O[C@@H]6O[C@@H](C)[C@H](O)[C@@H](O)[C@H]6O)C(C)(C)[C@@H]5CC[C@]43C)[C@@H]2C1. The second-order valence-electron chi connectivity index (χ2n) is 24.4. The van der Waals surface area contributed by atoms with Gasteiger partial charge in [-0.25, -0.2) is 0 Å². The van der Waals surface area contributed by atoms with Crippen molar-refractivity contribution in [3.63, 3.8) is 0 Å². The first-order chi connectivity index (χ1) is 34.2. The molecule has 8 fully saturated rings. The van der Waals surface area contributed by atoms with E-state index in [-0.39, 0.29) is 46.7 Å². The molecule has 12 N–H and O–H groups in total. The first kappa shape index (κ1) is 55.9. The van der Waals surface area contributed by atoms with Gasteiger partial charge in [0.2, 0.25) is 6.29 Å². The summed E-state index contributed by atoms with van der Waals surface area (Å²) >= 11 is 0. The van der Waals surface area contributed by atoms with Crippen LogP contribution in [0.4, 0.5) is 0 Å². The molecule has 0 amide bonds. The molecule has 0 aromatic carbocycles. The van der Waals surface area contributed by atoms with Crippen LogP contribution in [0.25, 0.3) is 0 Å². The van der Waals surface area contributed by atoms with Crippen LogP contribution in [0.5, 0.6) is 0 Å². The molecule has 0 aromatic rings. The third-order valence-corrected chi connectivity index (χ3v) is 20.4. The molecule has 73 heavy (non-hydrogen) atoms. The molecule has 416 valence electrons. The lowest BCUT2D eigenvalue weighted by atomic mass is 9.34. The summed E-state index contributed by atoms with van der Waals surface area (Å²) in [5.41, 5.74) is 0.102. The molecule has 5 aliphatic carbocycles. The summed E-state index contributed by atoms with van der Waals surface area (Å²) in [6.07, 6.45) is -19.8. The number of aliphatic hydroxyl groups excluding tert-OH is 12. The van der Waals surface area contributed by atoms with Crippen molar-refractivity contribution in [1.29, 1.82) is 0 Å². The van der Waals surface area contributed by atoms with Crippen molar-refractivity contribution < 1.29 is 104 Å². The molecule has 4 saturated heterocycles. The molecule has 0 spiro atoms. The highest BCUT2D eigenvalue weighted by Gasteiger charge is 2.70. The molecule has 9 rings (SSSR count). The lowest BCUT2D eigenvalue weighted by Crippen LogP contribution is -2.66. The fourth-order valence-corrected chi connectivity index (χ4v) is 15.6. The lowest BCUT2D eigenvalue weighted by molar-refractivity contribution is -0.364. The number of esters is 1. The molecule has 0 bridgehead atoms. The summed E-state index contributed by atoms with van der Waals surface area (Å²) in [4.78, 5) is 14.9. The van der Waals surface area contributed by atoms with Crippen LogP contribution in [0.1, 0.15) is 106 Å². The standard InChI is InChI=1S/C52H82O21/c1-22-10-15-52(47(65)73-45-41(64)38(61)35(58)28(70-45)21-67-43-39(62)37(60)34(57)27(19-53)69-43)17-16-50(6)24(25(52)18-22)8-9-30-49(5)13-12-31(48(3,4)29(49)11-14-51(30,50)7)71-46-42(33(56)26(54)20-66-46)72-44-40(63)36(59)32(55)23(2)68-44/h8,23,25-46,53-64H,1,9-21H2,2-7H3/t23-,25-,26-,27+,28+,29-,30+,31-,32-,33-,34+,35+,36+,37-,38-,39+,40+,41+,42+,43+,44-,45-,46-,49-,50+,51+,52-/m0/s1. The summed E-state index contributed by atoms with van der Waals surface area (Å²) in [5.74, 6) is -0.444. The summed E-state index contributed by atoms with van der Waals surface area (Å²) in [7, 11) is 0. The van der Waals surface area contributed by atoms with Gasteiger partial charge in [-0.15, -0.1) is 0 Å². The van der Waals surface area contributed by atoms with Crippen LogP contribution in [0, 0.1) is 44.8 Å². The Balaban J connectivity index is 0.910. The molecule has 27 atom stereocenters. The molecular weight excluding hydrogens is 961 g/mol. The predicted octanol–water partition coefficient (Wildman–Crippen LogP) is -0.839. The normalized spacial score (nSPS) is 54.0. The van der Waals surface area contributed by atoms with Gasteiger partial charge in [-0.2, -0.15) is 0 Å². The molecule has 0 aromatic heterocycles. The Morgan fingerprint density at radius 2 is 1.33 bits per heavy atom. The Hall–Kier alpha value is -1.81.